The summed E-state index contributed by atoms with van der Waals surface area (Å²) in [6.45, 7) is 7.75. The minimum Gasteiger partial charge on any atom is -0.355 e. The number of aromatic nitrogens is 2. The summed E-state index contributed by atoms with van der Waals surface area (Å²) in [6.07, 6.45) is 4.31. The van der Waals surface area contributed by atoms with Gasteiger partial charge in [-0.15, -0.1) is 0 Å². The summed E-state index contributed by atoms with van der Waals surface area (Å²) in [5, 5.41) is 0. The van der Waals surface area contributed by atoms with Gasteiger partial charge in [0.05, 0.1) is 6.10 Å². The van der Waals surface area contributed by atoms with Crippen LogP contribution in [0.2, 0.25) is 0 Å². The van der Waals surface area contributed by atoms with Crippen LogP contribution >= 0.6 is 0 Å². The molecule has 2 atom stereocenters. The molecule has 1 aromatic rings. The van der Waals surface area contributed by atoms with Gasteiger partial charge in [0.2, 0.25) is 0 Å². The van der Waals surface area contributed by atoms with E-state index < -0.39 is 5.69 Å². The molecule has 1 aromatic heterocycles. The van der Waals surface area contributed by atoms with Crippen molar-refractivity contribution in [1.82, 2.24) is 9.55 Å². The quantitative estimate of drug-likeness (QED) is 0.877. The fourth-order valence-corrected chi connectivity index (χ4v) is 1.99. The smallest absolute Gasteiger partial charge is 0.330 e. The standard InChI is InChI=1S/C11H16N2O3.C2H6/c1-3-8-4-5-9(16-8)13-6-7(2)10(14)12-11(13)15;1-2/h6,8-9H,3-5H2,1-2H3,(H,12,14,15);1-2H3. The molecule has 0 radical (unpaired) electrons. The van der Waals surface area contributed by atoms with Crippen molar-refractivity contribution in [1.29, 1.82) is 0 Å². The minimum absolute atomic E-state index is 0.226. The molecule has 5 heteroatoms. The van der Waals surface area contributed by atoms with E-state index in [0.29, 0.717) is 5.56 Å². The third-order valence-electron chi connectivity index (χ3n) is 3.00. The molecule has 0 aliphatic carbocycles. The molecule has 102 valence electrons. The molecular weight excluding hydrogens is 232 g/mol. The molecule has 1 saturated heterocycles. The molecule has 2 heterocycles. The van der Waals surface area contributed by atoms with Gasteiger partial charge in [0.15, 0.2) is 0 Å². The molecule has 0 saturated carbocycles. The zero-order chi connectivity index (χ0) is 13.7. The van der Waals surface area contributed by atoms with E-state index >= 15 is 0 Å². The van der Waals surface area contributed by atoms with Crippen molar-refractivity contribution in [2.75, 3.05) is 0 Å². The number of aromatic amines is 1. The Kier molecular flexibility index (Phi) is 5.34. The van der Waals surface area contributed by atoms with E-state index in [1.807, 2.05) is 13.8 Å². The number of hydrogen-bond acceptors (Lipinski definition) is 3. The van der Waals surface area contributed by atoms with Crippen LogP contribution in [0.15, 0.2) is 15.8 Å². The van der Waals surface area contributed by atoms with Gasteiger partial charge < -0.3 is 4.74 Å². The lowest BCUT2D eigenvalue weighted by atomic mass is 10.2. The first kappa shape index (κ1) is 14.7. The number of hydrogen-bond donors (Lipinski definition) is 1. The van der Waals surface area contributed by atoms with E-state index in [9.17, 15) is 9.59 Å². The number of nitrogens with one attached hydrogen (secondary N) is 1. The van der Waals surface area contributed by atoms with Crippen LogP contribution in [0.1, 0.15) is 51.8 Å². The summed E-state index contributed by atoms with van der Waals surface area (Å²) in [4.78, 5) is 25.1. The summed E-state index contributed by atoms with van der Waals surface area (Å²) in [5.74, 6) is 0. The van der Waals surface area contributed by atoms with Gasteiger partial charge in [-0.05, 0) is 26.2 Å². The monoisotopic (exact) mass is 254 g/mol. The van der Waals surface area contributed by atoms with Crippen LogP contribution in [-0.4, -0.2) is 15.7 Å². The second kappa shape index (κ2) is 6.54. The lowest BCUT2D eigenvalue weighted by molar-refractivity contribution is -0.00211. The zero-order valence-electron chi connectivity index (χ0n) is 11.5. The van der Waals surface area contributed by atoms with Crippen molar-refractivity contribution in [3.05, 3.63) is 32.6 Å². The molecule has 0 aromatic carbocycles. The highest BCUT2D eigenvalue weighted by molar-refractivity contribution is 5.01. The minimum atomic E-state index is -0.391. The number of rotatable bonds is 2. The van der Waals surface area contributed by atoms with Crippen LogP contribution in [0.25, 0.3) is 0 Å². The van der Waals surface area contributed by atoms with Crippen LogP contribution < -0.4 is 11.2 Å². The van der Waals surface area contributed by atoms with Gasteiger partial charge in [-0.1, -0.05) is 20.8 Å². The number of H-pyrrole nitrogens is 1. The van der Waals surface area contributed by atoms with Crippen molar-refractivity contribution >= 4 is 0 Å². The maximum Gasteiger partial charge on any atom is 0.330 e. The molecular formula is C13H22N2O3. The molecule has 2 rings (SSSR count). The number of ether oxygens (including phenoxy) is 1. The Morgan fingerprint density at radius 3 is 2.61 bits per heavy atom. The van der Waals surface area contributed by atoms with Gasteiger partial charge in [0.25, 0.3) is 5.56 Å². The van der Waals surface area contributed by atoms with E-state index in [4.69, 9.17) is 4.74 Å². The third-order valence-corrected chi connectivity index (χ3v) is 3.00. The Bertz CT molecular complexity index is 490. The van der Waals surface area contributed by atoms with E-state index in [1.165, 1.54) is 4.57 Å². The van der Waals surface area contributed by atoms with E-state index in [-0.39, 0.29) is 17.9 Å². The predicted octanol–water partition coefficient (Wildman–Crippen LogP) is 1.96. The first-order valence-electron chi connectivity index (χ1n) is 6.59. The van der Waals surface area contributed by atoms with Crippen molar-refractivity contribution in [2.45, 2.75) is 59.3 Å². The summed E-state index contributed by atoms with van der Waals surface area (Å²) in [5.41, 5.74) is -0.188. The highest BCUT2D eigenvalue weighted by atomic mass is 16.5. The Morgan fingerprint density at radius 1 is 1.39 bits per heavy atom. The Balaban J connectivity index is 0.000000771. The fourth-order valence-electron chi connectivity index (χ4n) is 1.99. The lowest BCUT2D eigenvalue weighted by Crippen LogP contribution is -2.33. The molecule has 18 heavy (non-hydrogen) atoms. The van der Waals surface area contributed by atoms with E-state index in [2.05, 4.69) is 11.9 Å². The molecule has 1 aliphatic rings. The van der Waals surface area contributed by atoms with E-state index in [0.717, 1.165) is 19.3 Å². The molecule has 0 bridgehead atoms. The zero-order valence-corrected chi connectivity index (χ0v) is 11.5. The second-order valence-corrected chi connectivity index (χ2v) is 4.18. The van der Waals surface area contributed by atoms with Gasteiger partial charge in [0, 0.05) is 11.8 Å². The van der Waals surface area contributed by atoms with Crippen molar-refractivity contribution in [2.24, 2.45) is 0 Å². The summed E-state index contributed by atoms with van der Waals surface area (Å²) >= 11 is 0. The van der Waals surface area contributed by atoms with Gasteiger partial charge in [-0.25, -0.2) is 4.79 Å². The largest absolute Gasteiger partial charge is 0.355 e. The second-order valence-electron chi connectivity index (χ2n) is 4.18. The molecule has 5 nitrogen and oxygen atoms in total. The van der Waals surface area contributed by atoms with Gasteiger partial charge in [0.1, 0.15) is 6.23 Å². The lowest BCUT2D eigenvalue weighted by Gasteiger charge is -2.15. The molecule has 1 fully saturated rings. The van der Waals surface area contributed by atoms with Crippen molar-refractivity contribution in [3.63, 3.8) is 0 Å². The van der Waals surface area contributed by atoms with Crippen LogP contribution in [0.4, 0.5) is 0 Å². The topological polar surface area (TPSA) is 64.1 Å². The van der Waals surface area contributed by atoms with Crippen LogP contribution in [0.3, 0.4) is 0 Å². The summed E-state index contributed by atoms with van der Waals surface area (Å²) in [6, 6.07) is 0. The van der Waals surface area contributed by atoms with E-state index in [1.54, 1.807) is 13.1 Å². The van der Waals surface area contributed by atoms with Gasteiger partial charge in [-0.2, -0.15) is 0 Å². The molecule has 0 spiro atoms. The first-order valence-corrected chi connectivity index (χ1v) is 6.59. The van der Waals surface area contributed by atoms with Crippen LogP contribution in [0.5, 0.6) is 0 Å². The van der Waals surface area contributed by atoms with Crippen LogP contribution in [-0.2, 0) is 4.74 Å². The number of nitrogens with zero attached hydrogens (tertiary/aromatic N) is 1. The molecule has 1 N–H and O–H groups in total. The highest BCUT2D eigenvalue weighted by Gasteiger charge is 2.26. The summed E-state index contributed by atoms with van der Waals surface area (Å²) < 4.78 is 7.19. The third kappa shape index (κ3) is 3.10. The Labute approximate surface area is 107 Å². The summed E-state index contributed by atoms with van der Waals surface area (Å²) in [7, 11) is 0. The molecule has 2 unspecified atom stereocenters. The number of aryl methyl sites for hydroxylation is 1. The maximum absolute atomic E-state index is 11.6. The highest BCUT2D eigenvalue weighted by Crippen LogP contribution is 2.28. The predicted molar refractivity (Wildman–Crippen MR) is 70.8 cm³/mol. The first-order chi connectivity index (χ1) is 8.61. The Hall–Kier alpha value is -1.36. The van der Waals surface area contributed by atoms with Gasteiger partial charge in [-0.3, -0.25) is 14.3 Å². The van der Waals surface area contributed by atoms with Crippen molar-refractivity contribution in [3.8, 4) is 0 Å². The van der Waals surface area contributed by atoms with Gasteiger partial charge >= 0.3 is 5.69 Å². The average molecular weight is 254 g/mol. The molecule has 0 amide bonds. The SMILES string of the molecule is CC.CCC1CCC(n2cc(C)c(=O)[nH]c2=O)O1. The maximum atomic E-state index is 11.6. The fraction of sp³-hybridized carbons (Fsp3) is 0.692. The molecule has 1 aliphatic heterocycles. The Morgan fingerprint density at radius 2 is 2.06 bits per heavy atom. The van der Waals surface area contributed by atoms with Crippen LogP contribution in [0, 0.1) is 6.92 Å². The van der Waals surface area contributed by atoms with Crippen molar-refractivity contribution < 1.29 is 4.74 Å². The normalized spacial score (nSPS) is 22.4. The average Bonchev–Trinajstić information content (AvgIpc) is 2.85.